The van der Waals surface area contributed by atoms with Crippen LogP contribution in [0.5, 0.6) is 0 Å². The van der Waals surface area contributed by atoms with E-state index < -0.39 is 0 Å². The molecular formula is C15H22N2. The molecule has 0 amide bonds. The molecule has 1 fully saturated rings. The van der Waals surface area contributed by atoms with Crippen LogP contribution >= 0.6 is 0 Å². The lowest BCUT2D eigenvalue weighted by Crippen LogP contribution is -2.27. The van der Waals surface area contributed by atoms with Crippen molar-refractivity contribution in [3.63, 3.8) is 0 Å². The number of hydrogen-bond acceptors (Lipinski definition) is 2. The van der Waals surface area contributed by atoms with E-state index in [4.69, 9.17) is 0 Å². The summed E-state index contributed by atoms with van der Waals surface area (Å²) in [4.78, 5) is 0. The van der Waals surface area contributed by atoms with Gasteiger partial charge in [-0.25, -0.2) is 0 Å². The van der Waals surface area contributed by atoms with Crippen LogP contribution in [0.25, 0.3) is 0 Å². The van der Waals surface area contributed by atoms with E-state index in [1.807, 2.05) is 0 Å². The van der Waals surface area contributed by atoms with Gasteiger partial charge in [0.2, 0.25) is 0 Å². The fraction of sp³-hybridized carbons (Fsp3) is 0.467. The van der Waals surface area contributed by atoms with E-state index >= 15 is 0 Å². The third-order valence-electron chi connectivity index (χ3n) is 3.44. The molecule has 17 heavy (non-hydrogen) atoms. The van der Waals surface area contributed by atoms with Crippen molar-refractivity contribution in [3.05, 3.63) is 41.1 Å². The lowest BCUT2D eigenvalue weighted by molar-refractivity contribution is 0.695. The smallest absolute Gasteiger partial charge is 0.0467 e. The van der Waals surface area contributed by atoms with Gasteiger partial charge < -0.3 is 10.6 Å². The van der Waals surface area contributed by atoms with Crippen molar-refractivity contribution in [2.24, 2.45) is 0 Å². The molecule has 92 valence electrons. The molecule has 2 rings (SSSR count). The van der Waals surface area contributed by atoms with Crippen LogP contribution in [0.15, 0.2) is 24.4 Å². The summed E-state index contributed by atoms with van der Waals surface area (Å²) in [5.74, 6) is 0. The Bertz CT molecular complexity index is 406. The van der Waals surface area contributed by atoms with Gasteiger partial charge >= 0.3 is 0 Å². The normalized spacial score (nSPS) is 19.4. The summed E-state index contributed by atoms with van der Waals surface area (Å²) in [7, 11) is 0. The summed E-state index contributed by atoms with van der Waals surface area (Å²) >= 11 is 0. The second kappa shape index (κ2) is 4.92. The van der Waals surface area contributed by atoms with E-state index in [9.17, 15) is 0 Å². The van der Waals surface area contributed by atoms with Crippen LogP contribution in [0.2, 0.25) is 0 Å². The second-order valence-electron chi connectivity index (χ2n) is 5.07. The predicted molar refractivity (Wildman–Crippen MR) is 74.4 cm³/mol. The topological polar surface area (TPSA) is 24.1 Å². The van der Waals surface area contributed by atoms with Crippen molar-refractivity contribution < 1.29 is 0 Å². The molecule has 0 bridgehead atoms. The second-order valence-corrected chi connectivity index (χ2v) is 5.07. The largest absolute Gasteiger partial charge is 0.358 e. The van der Waals surface area contributed by atoms with E-state index in [1.54, 1.807) is 0 Å². The van der Waals surface area contributed by atoms with Gasteiger partial charge in [0.25, 0.3) is 0 Å². The Morgan fingerprint density at radius 2 is 1.94 bits per heavy atom. The van der Waals surface area contributed by atoms with Crippen LogP contribution < -0.4 is 10.6 Å². The monoisotopic (exact) mass is 230 g/mol. The van der Waals surface area contributed by atoms with Gasteiger partial charge in [-0.05, 0) is 51.3 Å². The summed E-state index contributed by atoms with van der Waals surface area (Å²) in [6.45, 7) is 11.7. The number of rotatable bonds is 3. The number of benzene rings is 1. The van der Waals surface area contributed by atoms with Crippen molar-refractivity contribution in [1.82, 2.24) is 5.32 Å². The Labute approximate surface area is 104 Å². The molecule has 1 unspecified atom stereocenters. The van der Waals surface area contributed by atoms with E-state index in [0.717, 1.165) is 12.2 Å². The Morgan fingerprint density at radius 1 is 1.29 bits per heavy atom. The molecule has 0 aliphatic carbocycles. The molecular weight excluding hydrogens is 208 g/mol. The highest BCUT2D eigenvalue weighted by molar-refractivity contribution is 5.61. The first-order chi connectivity index (χ1) is 8.08. The highest BCUT2D eigenvalue weighted by Crippen LogP contribution is 2.25. The van der Waals surface area contributed by atoms with Gasteiger partial charge in [0.05, 0.1) is 0 Å². The molecule has 1 heterocycles. The van der Waals surface area contributed by atoms with Crippen LogP contribution in [-0.4, -0.2) is 12.6 Å². The number of anilines is 1. The summed E-state index contributed by atoms with van der Waals surface area (Å²) in [5, 5.41) is 6.96. The van der Waals surface area contributed by atoms with Crippen LogP contribution in [0.4, 0.5) is 5.69 Å². The molecule has 1 saturated heterocycles. The Balaban J connectivity index is 2.15. The molecule has 2 heteroatoms. The van der Waals surface area contributed by atoms with Gasteiger partial charge in [-0.3, -0.25) is 0 Å². The predicted octanol–water partition coefficient (Wildman–Crippen LogP) is 3.29. The molecule has 2 N–H and O–H groups in total. The number of nitrogens with one attached hydrogen (secondary N) is 2. The summed E-state index contributed by atoms with van der Waals surface area (Å²) in [6, 6.07) is 4.85. The van der Waals surface area contributed by atoms with Crippen LogP contribution in [0, 0.1) is 20.8 Å². The first-order valence-corrected chi connectivity index (χ1v) is 6.35. The van der Waals surface area contributed by atoms with Crippen LogP contribution in [0.1, 0.15) is 29.5 Å². The van der Waals surface area contributed by atoms with Crippen molar-refractivity contribution in [3.8, 4) is 0 Å². The summed E-state index contributed by atoms with van der Waals surface area (Å²) in [6.07, 6.45) is 2.44. The molecule has 1 aliphatic heterocycles. The highest BCUT2D eigenvalue weighted by Gasteiger charge is 2.17. The molecule has 1 aromatic carbocycles. The minimum Gasteiger partial charge on any atom is -0.358 e. The molecule has 0 radical (unpaired) electrons. The average Bonchev–Trinajstić information content (AvgIpc) is 2.76. The first kappa shape index (κ1) is 12.2. The maximum absolute atomic E-state index is 4.16. The molecule has 1 atom stereocenters. The fourth-order valence-electron chi connectivity index (χ4n) is 2.61. The molecule has 1 aliphatic rings. The van der Waals surface area contributed by atoms with Crippen molar-refractivity contribution in [2.45, 2.75) is 39.7 Å². The zero-order valence-electron chi connectivity index (χ0n) is 11.1. The number of aryl methyl sites for hydroxylation is 3. The van der Waals surface area contributed by atoms with E-state index in [-0.39, 0.29) is 0 Å². The summed E-state index contributed by atoms with van der Waals surface area (Å²) in [5.41, 5.74) is 6.21. The average molecular weight is 230 g/mol. The van der Waals surface area contributed by atoms with Gasteiger partial charge in [0.15, 0.2) is 0 Å². The lowest BCUT2D eigenvalue weighted by Gasteiger charge is -2.19. The van der Waals surface area contributed by atoms with Crippen molar-refractivity contribution >= 4 is 5.69 Å². The molecule has 0 saturated carbocycles. The van der Waals surface area contributed by atoms with Crippen LogP contribution in [-0.2, 0) is 0 Å². The molecule has 0 aromatic heterocycles. The Hall–Kier alpha value is -1.28. The van der Waals surface area contributed by atoms with E-state index in [0.29, 0.717) is 6.04 Å². The Morgan fingerprint density at radius 3 is 2.47 bits per heavy atom. The zero-order valence-corrected chi connectivity index (χ0v) is 11.1. The SMILES string of the molecule is C=C(Nc1c(C)cc(C)cc1C)C1CCCN1. The van der Waals surface area contributed by atoms with E-state index in [1.165, 1.54) is 35.2 Å². The zero-order chi connectivity index (χ0) is 12.4. The number of hydrogen-bond donors (Lipinski definition) is 2. The minimum absolute atomic E-state index is 0.426. The van der Waals surface area contributed by atoms with Crippen molar-refractivity contribution in [2.75, 3.05) is 11.9 Å². The van der Waals surface area contributed by atoms with Gasteiger partial charge in [-0.1, -0.05) is 24.3 Å². The summed E-state index contributed by atoms with van der Waals surface area (Å²) < 4.78 is 0. The lowest BCUT2D eigenvalue weighted by atomic mass is 10.0. The molecule has 1 aromatic rings. The third-order valence-corrected chi connectivity index (χ3v) is 3.44. The van der Waals surface area contributed by atoms with E-state index in [2.05, 4.69) is 50.1 Å². The van der Waals surface area contributed by atoms with Gasteiger partial charge in [0, 0.05) is 17.4 Å². The maximum atomic E-state index is 4.16. The minimum atomic E-state index is 0.426. The quantitative estimate of drug-likeness (QED) is 0.832. The standard InChI is InChI=1S/C15H22N2/c1-10-8-11(2)15(12(3)9-10)17-13(4)14-6-5-7-16-14/h8-9,14,16-17H,4-7H2,1-3H3. The first-order valence-electron chi connectivity index (χ1n) is 6.35. The fourth-order valence-corrected chi connectivity index (χ4v) is 2.61. The Kier molecular flexibility index (Phi) is 3.53. The van der Waals surface area contributed by atoms with Crippen molar-refractivity contribution in [1.29, 1.82) is 0 Å². The van der Waals surface area contributed by atoms with Gasteiger partial charge in [-0.2, -0.15) is 0 Å². The third kappa shape index (κ3) is 2.70. The molecule has 2 nitrogen and oxygen atoms in total. The van der Waals surface area contributed by atoms with Gasteiger partial charge in [-0.15, -0.1) is 0 Å². The van der Waals surface area contributed by atoms with Gasteiger partial charge in [0.1, 0.15) is 0 Å². The maximum Gasteiger partial charge on any atom is 0.0467 e. The van der Waals surface area contributed by atoms with Crippen LogP contribution in [0.3, 0.4) is 0 Å². The molecule has 0 spiro atoms. The highest BCUT2D eigenvalue weighted by atomic mass is 15.0.